The molecule has 0 spiro atoms. The van der Waals surface area contributed by atoms with Gasteiger partial charge in [-0.1, -0.05) is 67.4 Å². The third-order valence-corrected chi connectivity index (χ3v) is 5.64. The van der Waals surface area contributed by atoms with Crippen molar-refractivity contribution in [2.75, 3.05) is 11.9 Å². The summed E-state index contributed by atoms with van der Waals surface area (Å²) in [5.41, 5.74) is 0.0104. The highest BCUT2D eigenvalue weighted by atomic mass is 19.1. The summed E-state index contributed by atoms with van der Waals surface area (Å²) in [6.45, 7) is -0.405. The number of hydrogen-bond acceptors (Lipinski definition) is 3. The lowest BCUT2D eigenvalue weighted by Gasteiger charge is -2.27. The number of amides is 1. The molecule has 0 aromatic heterocycles. The number of carbonyl (C=O) groups is 2. The van der Waals surface area contributed by atoms with E-state index in [1.807, 2.05) is 36.4 Å². The standard InChI is InChI=1S/C24H22FNO3/c25-20-12-4-3-11-19(20)24(14-5-6-15-24)23(28)29-16-22(27)26-21-13-7-9-17-8-1-2-10-18(17)21/h1-4,7-13H,5-6,14-16H2,(H,26,27). The highest BCUT2D eigenvalue weighted by Crippen LogP contribution is 2.43. The molecule has 0 heterocycles. The Labute approximate surface area is 168 Å². The van der Waals surface area contributed by atoms with Gasteiger partial charge in [0.2, 0.25) is 0 Å². The highest BCUT2D eigenvalue weighted by Gasteiger charge is 2.45. The molecule has 0 unspecified atom stereocenters. The van der Waals surface area contributed by atoms with E-state index in [0.29, 0.717) is 24.1 Å². The third-order valence-electron chi connectivity index (χ3n) is 5.64. The Balaban J connectivity index is 1.47. The Kier molecular flexibility index (Phi) is 5.30. The number of esters is 1. The number of ether oxygens (including phenoxy) is 1. The van der Waals surface area contributed by atoms with Gasteiger partial charge in [-0.3, -0.25) is 9.59 Å². The number of anilines is 1. The van der Waals surface area contributed by atoms with E-state index in [4.69, 9.17) is 4.74 Å². The summed E-state index contributed by atoms with van der Waals surface area (Å²) in [7, 11) is 0. The molecule has 1 saturated carbocycles. The molecule has 148 valence electrons. The van der Waals surface area contributed by atoms with Crippen LogP contribution in [0.2, 0.25) is 0 Å². The predicted octanol–water partition coefficient (Wildman–Crippen LogP) is 4.97. The Hall–Kier alpha value is -3.21. The first kappa shape index (κ1) is 19.1. The first-order valence-corrected chi connectivity index (χ1v) is 9.80. The fraction of sp³-hybridized carbons (Fsp3) is 0.250. The molecule has 1 amide bonds. The van der Waals surface area contributed by atoms with Crippen LogP contribution in [0, 0.1) is 5.82 Å². The predicted molar refractivity (Wildman–Crippen MR) is 110 cm³/mol. The van der Waals surface area contributed by atoms with E-state index in [9.17, 15) is 14.0 Å². The monoisotopic (exact) mass is 391 g/mol. The second kappa shape index (κ2) is 8.03. The van der Waals surface area contributed by atoms with Gasteiger partial charge in [0.25, 0.3) is 5.91 Å². The van der Waals surface area contributed by atoms with Gasteiger partial charge < -0.3 is 10.1 Å². The molecule has 1 aliphatic carbocycles. The molecule has 0 bridgehead atoms. The van der Waals surface area contributed by atoms with Crippen LogP contribution in [0.4, 0.5) is 10.1 Å². The van der Waals surface area contributed by atoms with Crippen LogP contribution in [0.5, 0.6) is 0 Å². The van der Waals surface area contributed by atoms with Crippen LogP contribution in [-0.4, -0.2) is 18.5 Å². The summed E-state index contributed by atoms with van der Waals surface area (Å²) in [6, 6.07) is 19.7. The maximum atomic E-state index is 14.4. The Morgan fingerprint density at radius 1 is 0.931 bits per heavy atom. The molecular weight excluding hydrogens is 369 g/mol. The number of fused-ring (bicyclic) bond motifs is 1. The molecule has 5 heteroatoms. The van der Waals surface area contributed by atoms with Crippen LogP contribution < -0.4 is 5.32 Å². The van der Waals surface area contributed by atoms with Gasteiger partial charge in [0.05, 0.1) is 5.41 Å². The van der Waals surface area contributed by atoms with Crippen LogP contribution in [0.1, 0.15) is 31.2 Å². The van der Waals surface area contributed by atoms with Crippen LogP contribution in [0.3, 0.4) is 0 Å². The van der Waals surface area contributed by atoms with Gasteiger partial charge in [0.15, 0.2) is 6.61 Å². The van der Waals surface area contributed by atoms with E-state index < -0.39 is 29.7 Å². The number of hydrogen-bond donors (Lipinski definition) is 1. The van der Waals surface area contributed by atoms with Crippen molar-refractivity contribution in [3.8, 4) is 0 Å². The summed E-state index contributed by atoms with van der Waals surface area (Å²) in [5, 5.41) is 4.72. The average molecular weight is 391 g/mol. The fourth-order valence-corrected chi connectivity index (χ4v) is 4.20. The second-order valence-electron chi connectivity index (χ2n) is 7.42. The van der Waals surface area contributed by atoms with E-state index >= 15 is 0 Å². The fourth-order valence-electron chi connectivity index (χ4n) is 4.20. The topological polar surface area (TPSA) is 55.4 Å². The summed E-state index contributed by atoms with van der Waals surface area (Å²) >= 11 is 0. The average Bonchev–Trinajstić information content (AvgIpc) is 3.24. The quantitative estimate of drug-likeness (QED) is 0.625. The van der Waals surface area contributed by atoms with Crippen molar-refractivity contribution < 1.29 is 18.7 Å². The van der Waals surface area contributed by atoms with Crippen LogP contribution in [-0.2, 0) is 19.7 Å². The lowest BCUT2D eigenvalue weighted by molar-refractivity contribution is -0.153. The molecule has 4 nitrogen and oxygen atoms in total. The minimum Gasteiger partial charge on any atom is -0.455 e. The van der Waals surface area contributed by atoms with Crippen molar-refractivity contribution in [3.05, 3.63) is 78.1 Å². The Morgan fingerprint density at radius 3 is 2.41 bits per heavy atom. The molecule has 3 aromatic rings. The highest BCUT2D eigenvalue weighted by molar-refractivity contribution is 6.03. The number of carbonyl (C=O) groups excluding carboxylic acids is 2. The molecule has 4 rings (SSSR count). The lowest BCUT2D eigenvalue weighted by Crippen LogP contribution is -2.37. The largest absolute Gasteiger partial charge is 0.455 e. The Morgan fingerprint density at radius 2 is 1.62 bits per heavy atom. The van der Waals surface area contributed by atoms with Crippen molar-refractivity contribution in [3.63, 3.8) is 0 Å². The summed E-state index contributed by atoms with van der Waals surface area (Å²) in [6.07, 6.45) is 2.70. The smallest absolute Gasteiger partial charge is 0.317 e. The molecule has 1 N–H and O–H groups in total. The zero-order chi connectivity index (χ0) is 20.3. The van der Waals surface area contributed by atoms with Crippen molar-refractivity contribution in [2.24, 2.45) is 0 Å². The van der Waals surface area contributed by atoms with E-state index in [-0.39, 0.29) is 0 Å². The van der Waals surface area contributed by atoms with Crippen LogP contribution in [0.15, 0.2) is 66.7 Å². The first-order chi connectivity index (χ1) is 14.1. The van der Waals surface area contributed by atoms with Crippen molar-refractivity contribution in [2.45, 2.75) is 31.1 Å². The minimum absolute atomic E-state index is 0.358. The van der Waals surface area contributed by atoms with E-state index in [1.165, 1.54) is 6.07 Å². The minimum atomic E-state index is -1.01. The zero-order valence-electron chi connectivity index (χ0n) is 16.0. The maximum Gasteiger partial charge on any atom is 0.317 e. The first-order valence-electron chi connectivity index (χ1n) is 9.80. The van der Waals surface area contributed by atoms with E-state index in [2.05, 4.69) is 5.32 Å². The van der Waals surface area contributed by atoms with Crippen molar-refractivity contribution >= 4 is 28.3 Å². The molecule has 1 aliphatic rings. The molecule has 0 saturated heterocycles. The summed E-state index contributed by atoms with van der Waals surface area (Å²) in [4.78, 5) is 25.3. The zero-order valence-corrected chi connectivity index (χ0v) is 16.0. The van der Waals surface area contributed by atoms with Gasteiger partial charge in [0, 0.05) is 16.6 Å². The molecule has 3 aromatic carbocycles. The van der Waals surface area contributed by atoms with Gasteiger partial charge in [-0.15, -0.1) is 0 Å². The molecular formula is C24H22FNO3. The molecule has 1 fully saturated rings. The molecule has 0 atom stereocenters. The SMILES string of the molecule is O=C(COC(=O)C1(c2ccccc2F)CCCC1)Nc1cccc2ccccc12. The number of nitrogens with one attached hydrogen (secondary N) is 1. The Bertz CT molecular complexity index is 1050. The van der Waals surface area contributed by atoms with Crippen molar-refractivity contribution in [1.29, 1.82) is 0 Å². The molecule has 0 aliphatic heterocycles. The van der Waals surface area contributed by atoms with Crippen molar-refractivity contribution in [1.82, 2.24) is 0 Å². The van der Waals surface area contributed by atoms with Gasteiger partial charge in [0.1, 0.15) is 5.82 Å². The lowest BCUT2D eigenvalue weighted by atomic mass is 9.78. The molecule has 0 radical (unpaired) electrons. The van der Waals surface area contributed by atoms with Gasteiger partial charge in [-0.05, 0) is 30.4 Å². The molecule has 29 heavy (non-hydrogen) atoms. The number of benzene rings is 3. The normalized spacial score (nSPS) is 15.2. The van der Waals surface area contributed by atoms with E-state index in [1.54, 1.807) is 24.3 Å². The summed E-state index contributed by atoms with van der Waals surface area (Å²) < 4.78 is 19.8. The summed E-state index contributed by atoms with van der Waals surface area (Å²) in [5.74, 6) is -1.36. The van der Waals surface area contributed by atoms with Crippen LogP contribution >= 0.6 is 0 Å². The second-order valence-corrected chi connectivity index (χ2v) is 7.42. The van der Waals surface area contributed by atoms with Gasteiger partial charge >= 0.3 is 5.97 Å². The van der Waals surface area contributed by atoms with E-state index in [0.717, 1.165) is 23.6 Å². The maximum absolute atomic E-state index is 14.4. The third kappa shape index (κ3) is 3.73. The number of rotatable bonds is 5. The van der Waals surface area contributed by atoms with Gasteiger partial charge in [-0.2, -0.15) is 0 Å². The number of halogens is 1. The van der Waals surface area contributed by atoms with Gasteiger partial charge in [-0.25, -0.2) is 4.39 Å². The van der Waals surface area contributed by atoms with Crippen LogP contribution in [0.25, 0.3) is 10.8 Å².